The Morgan fingerprint density at radius 3 is 1.70 bits per heavy atom. The summed E-state index contributed by atoms with van der Waals surface area (Å²) in [4.78, 5) is 69.4. The van der Waals surface area contributed by atoms with Crippen molar-refractivity contribution in [1.82, 2.24) is 16.0 Å². The van der Waals surface area contributed by atoms with E-state index in [-0.39, 0.29) is 25.7 Å². The summed E-state index contributed by atoms with van der Waals surface area (Å²) in [5, 5.41) is 24.7. The second-order valence-corrected chi connectivity index (χ2v) is 6.49. The smallest absolute Gasteiger partial charge is 0.326 e. The molecule has 0 saturated carbocycles. The number of hydrogen-bond donors (Lipinski definition) is 8. The SMILES string of the molecule is CC(NC(=O)C(CCC(N)=O)NC(=O)C(N)CO)C(=O)NC(CCC(N)=O)C(=O)O. The van der Waals surface area contributed by atoms with E-state index in [2.05, 4.69) is 16.0 Å². The second kappa shape index (κ2) is 13.1. The molecule has 0 aliphatic carbocycles. The maximum Gasteiger partial charge on any atom is 0.326 e. The lowest BCUT2D eigenvalue weighted by molar-refractivity contribution is -0.142. The number of carboxylic acid groups (broad SMARTS) is 1. The lowest BCUT2D eigenvalue weighted by Crippen LogP contribution is -2.56. The van der Waals surface area contributed by atoms with Gasteiger partial charge in [-0.15, -0.1) is 0 Å². The number of carboxylic acids is 1. The number of aliphatic carboxylic acids is 1. The number of carbonyl (C=O) groups excluding carboxylic acids is 5. The number of rotatable bonds is 14. The molecule has 4 unspecified atom stereocenters. The molecule has 11 N–H and O–H groups in total. The molecule has 5 amide bonds. The number of aliphatic hydroxyl groups excluding tert-OH is 1. The van der Waals surface area contributed by atoms with E-state index >= 15 is 0 Å². The van der Waals surface area contributed by atoms with E-state index in [1.165, 1.54) is 6.92 Å². The molecule has 14 heteroatoms. The van der Waals surface area contributed by atoms with Gasteiger partial charge in [0.15, 0.2) is 0 Å². The topological polar surface area (TPSA) is 257 Å². The van der Waals surface area contributed by atoms with Crippen LogP contribution in [-0.4, -0.2) is 76.5 Å². The Hall–Kier alpha value is -3.26. The summed E-state index contributed by atoms with van der Waals surface area (Å²) in [6.45, 7) is 0.573. The zero-order chi connectivity index (χ0) is 23.4. The molecule has 0 bridgehead atoms. The summed E-state index contributed by atoms with van der Waals surface area (Å²) in [6, 6.07) is -5.23. The van der Waals surface area contributed by atoms with Crippen LogP contribution in [0.1, 0.15) is 32.6 Å². The van der Waals surface area contributed by atoms with E-state index in [0.29, 0.717) is 0 Å². The maximum atomic E-state index is 12.4. The van der Waals surface area contributed by atoms with Crippen LogP contribution >= 0.6 is 0 Å². The molecule has 0 saturated heterocycles. The highest BCUT2D eigenvalue weighted by Crippen LogP contribution is 2.01. The van der Waals surface area contributed by atoms with E-state index < -0.39 is 66.3 Å². The summed E-state index contributed by atoms with van der Waals surface area (Å²) in [5.74, 6) is -5.47. The maximum absolute atomic E-state index is 12.4. The van der Waals surface area contributed by atoms with Gasteiger partial charge in [-0.1, -0.05) is 0 Å². The van der Waals surface area contributed by atoms with Gasteiger partial charge in [0, 0.05) is 12.8 Å². The molecule has 0 rings (SSSR count). The fourth-order valence-electron chi connectivity index (χ4n) is 2.14. The average Bonchev–Trinajstić information content (AvgIpc) is 2.66. The van der Waals surface area contributed by atoms with Gasteiger partial charge in [-0.25, -0.2) is 4.79 Å². The molecule has 30 heavy (non-hydrogen) atoms. The van der Waals surface area contributed by atoms with Crippen LogP contribution in [0.3, 0.4) is 0 Å². The lowest BCUT2D eigenvalue weighted by Gasteiger charge is -2.23. The van der Waals surface area contributed by atoms with Gasteiger partial charge in [0.1, 0.15) is 24.2 Å². The lowest BCUT2D eigenvalue weighted by atomic mass is 10.1. The highest BCUT2D eigenvalue weighted by molar-refractivity contribution is 5.94. The molecule has 14 nitrogen and oxygen atoms in total. The standard InChI is InChI=1S/C16H28N6O8/c1-7(13(26)22-10(16(29)30)3-5-12(19)25)20-15(28)9(2-4-11(18)24)21-14(27)8(17)6-23/h7-10,23H,2-6,17H2,1H3,(H2,18,24)(H2,19,25)(H,20,28)(H,21,27)(H,22,26)(H,29,30). The van der Waals surface area contributed by atoms with Crippen LogP contribution < -0.4 is 33.2 Å². The number of aliphatic hydroxyl groups is 1. The number of primary amides is 2. The third-order valence-corrected chi connectivity index (χ3v) is 3.89. The minimum atomic E-state index is -1.41. The van der Waals surface area contributed by atoms with Gasteiger partial charge in [-0.05, 0) is 19.8 Å². The summed E-state index contributed by atoms with van der Waals surface area (Å²) in [5.41, 5.74) is 15.4. The average molecular weight is 432 g/mol. The Balaban J connectivity index is 5.05. The minimum absolute atomic E-state index is 0.199. The number of amides is 5. The zero-order valence-corrected chi connectivity index (χ0v) is 16.4. The predicted molar refractivity (Wildman–Crippen MR) is 101 cm³/mol. The van der Waals surface area contributed by atoms with Gasteiger partial charge in [0.25, 0.3) is 0 Å². The summed E-state index contributed by atoms with van der Waals surface area (Å²) in [7, 11) is 0. The van der Waals surface area contributed by atoms with Crippen molar-refractivity contribution in [2.75, 3.05) is 6.61 Å². The molecule has 0 heterocycles. The van der Waals surface area contributed by atoms with Crippen LogP contribution in [0, 0.1) is 0 Å². The van der Waals surface area contributed by atoms with Crippen molar-refractivity contribution in [2.45, 2.75) is 56.8 Å². The Bertz CT molecular complexity index is 670. The molecule has 0 fully saturated rings. The van der Waals surface area contributed by atoms with E-state index in [1.54, 1.807) is 0 Å². The molecular weight excluding hydrogens is 404 g/mol. The van der Waals surface area contributed by atoms with Crippen LogP contribution in [0.4, 0.5) is 0 Å². The molecule has 0 aromatic rings. The molecule has 0 aromatic carbocycles. The van der Waals surface area contributed by atoms with E-state index in [9.17, 15) is 28.8 Å². The molecule has 4 atom stereocenters. The van der Waals surface area contributed by atoms with Crippen LogP contribution in [0.15, 0.2) is 0 Å². The Labute approximate surface area is 171 Å². The third kappa shape index (κ3) is 10.3. The number of hydrogen-bond acceptors (Lipinski definition) is 8. The fourth-order valence-corrected chi connectivity index (χ4v) is 2.14. The van der Waals surface area contributed by atoms with Gasteiger partial charge in [-0.3, -0.25) is 24.0 Å². The first-order valence-corrected chi connectivity index (χ1v) is 8.96. The van der Waals surface area contributed by atoms with E-state index in [0.717, 1.165) is 0 Å². The summed E-state index contributed by atoms with van der Waals surface area (Å²) < 4.78 is 0. The molecule has 0 radical (unpaired) electrons. The van der Waals surface area contributed by atoms with Gasteiger partial charge in [0.2, 0.25) is 29.5 Å². The molecule has 0 aliphatic heterocycles. The summed E-state index contributed by atoms with van der Waals surface area (Å²) in [6.07, 6.45) is -0.977. The fraction of sp³-hybridized carbons (Fsp3) is 0.625. The highest BCUT2D eigenvalue weighted by Gasteiger charge is 2.28. The van der Waals surface area contributed by atoms with Gasteiger partial charge >= 0.3 is 5.97 Å². The first-order chi connectivity index (χ1) is 13.9. The van der Waals surface area contributed by atoms with Gasteiger partial charge < -0.3 is 43.4 Å². The van der Waals surface area contributed by atoms with Crippen LogP contribution in [0.25, 0.3) is 0 Å². The minimum Gasteiger partial charge on any atom is -0.480 e. The molecule has 0 aromatic heterocycles. The monoisotopic (exact) mass is 432 g/mol. The first-order valence-electron chi connectivity index (χ1n) is 8.96. The van der Waals surface area contributed by atoms with Crippen molar-refractivity contribution in [3.05, 3.63) is 0 Å². The van der Waals surface area contributed by atoms with Crippen molar-refractivity contribution < 1.29 is 39.0 Å². The Morgan fingerprint density at radius 2 is 1.27 bits per heavy atom. The largest absolute Gasteiger partial charge is 0.480 e. The first kappa shape index (κ1) is 26.7. The van der Waals surface area contributed by atoms with Gasteiger partial charge in [0.05, 0.1) is 6.61 Å². The zero-order valence-electron chi connectivity index (χ0n) is 16.4. The quantitative estimate of drug-likeness (QED) is 0.131. The Kier molecular flexibility index (Phi) is 11.6. The van der Waals surface area contributed by atoms with Crippen LogP contribution in [0.5, 0.6) is 0 Å². The van der Waals surface area contributed by atoms with Crippen molar-refractivity contribution in [3.63, 3.8) is 0 Å². The van der Waals surface area contributed by atoms with Crippen molar-refractivity contribution >= 4 is 35.5 Å². The number of nitrogens with two attached hydrogens (primary N) is 3. The predicted octanol–water partition coefficient (Wildman–Crippen LogP) is -4.60. The molecular formula is C16H28N6O8. The van der Waals surface area contributed by atoms with E-state index in [4.69, 9.17) is 27.4 Å². The van der Waals surface area contributed by atoms with Crippen molar-refractivity contribution in [2.24, 2.45) is 17.2 Å². The van der Waals surface area contributed by atoms with E-state index in [1.807, 2.05) is 0 Å². The number of carbonyl (C=O) groups is 6. The molecule has 170 valence electrons. The third-order valence-electron chi connectivity index (χ3n) is 3.89. The normalized spacial score (nSPS) is 14.5. The Morgan fingerprint density at radius 1 is 0.800 bits per heavy atom. The van der Waals surface area contributed by atoms with Gasteiger partial charge in [-0.2, -0.15) is 0 Å². The highest BCUT2D eigenvalue weighted by atomic mass is 16.4. The number of nitrogens with one attached hydrogen (secondary N) is 3. The van der Waals surface area contributed by atoms with Crippen LogP contribution in [-0.2, 0) is 28.8 Å². The molecule has 0 aliphatic rings. The summed E-state index contributed by atoms with van der Waals surface area (Å²) >= 11 is 0. The van der Waals surface area contributed by atoms with Crippen molar-refractivity contribution in [1.29, 1.82) is 0 Å². The van der Waals surface area contributed by atoms with Crippen LogP contribution in [0.2, 0.25) is 0 Å². The molecule has 0 spiro atoms. The van der Waals surface area contributed by atoms with Crippen molar-refractivity contribution in [3.8, 4) is 0 Å². The second-order valence-electron chi connectivity index (χ2n) is 6.49.